The first-order chi connectivity index (χ1) is 12.4. The molecular formula is C17H23BrClNO6. The molecule has 1 aliphatic heterocycles. The summed E-state index contributed by atoms with van der Waals surface area (Å²) in [6.45, 7) is 5.36. The van der Waals surface area contributed by atoms with E-state index in [2.05, 4.69) is 20.8 Å². The SMILES string of the molecule is Clc1cc(Br)ccc1OCCOCCN1CCCCC1.O=C(O)C(=O)O. The van der Waals surface area contributed by atoms with Crippen LogP contribution >= 0.6 is 27.5 Å². The summed E-state index contributed by atoms with van der Waals surface area (Å²) in [6, 6.07) is 5.60. The van der Waals surface area contributed by atoms with E-state index < -0.39 is 11.9 Å². The highest BCUT2D eigenvalue weighted by Gasteiger charge is 2.09. The number of halogens is 2. The Hall–Kier alpha value is -1.35. The largest absolute Gasteiger partial charge is 0.490 e. The number of carboxylic acids is 2. The van der Waals surface area contributed by atoms with E-state index in [1.165, 1.54) is 32.4 Å². The van der Waals surface area contributed by atoms with Crippen LogP contribution in [0.2, 0.25) is 5.02 Å². The van der Waals surface area contributed by atoms with E-state index in [1.54, 1.807) is 0 Å². The number of carboxylic acid groups (broad SMARTS) is 2. The lowest BCUT2D eigenvalue weighted by atomic mass is 10.1. The summed E-state index contributed by atoms with van der Waals surface area (Å²) >= 11 is 9.44. The maximum Gasteiger partial charge on any atom is 0.414 e. The minimum absolute atomic E-state index is 0.529. The van der Waals surface area contributed by atoms with Crippen LogP contribution in [0.3, 0.4) is 0 Å². The maximum absolute atomic E-state index is 9.10. The molecule has 0 radical (unpaired) electrons. The molecule has 1 aromatic carbocycles. The van der Waals surface area contributed by atoms with Crippen LogP contribution in [0.25, 0.3) is 0 Å². The molecule has 0 unspecified atom stereocenters. The number of rotatable bonds is 7. The topological polar surface area (TPSA) is 96.3 Å². The molecule has 1 saturated heterocycles. The number of benzene rings is 1. The van der Waals surface area contributed by atoms with Crippen LogP contribution in [-0.4, -0.2) is 66.5 Å². The molecule has 1 fully saturated rings. The highest BCUT2D eigenvalue weighted by molar-refractivity contribution is 9.10. The average Bonchev–Trinajstić information content (AvgIpc) is 2.61. The lowest BCUT2D eigenvalue weighted by molar-refractivity contribution is -0.159. The first kappa shape index (κ1) is 22.7. The molecule has 0 bridgehead atoms. The zero-order valence-corrected chi connectivity index (χ0v) is 16.7. The van der Waals surface area contributed by atoms with E-state index in [0.717, 1.165) is 17.6 Å². The monoisotopic (exact) mass is 451 g/mol. The predicted molar refractivity (Wildman–Crippen MR) is 101 cm³/mol. The summed E-state index contributed by atoms with van der Waals surface area (Å²) in [5.41, 5.74) is 0. The second-order valence-electron chi connectivity index (χ2n) is 5.55. The lowest BCUT2D eigenvalue weighted by Crippen LogP contribution is -2.32. The Morgan fingerprint density at radius 2 is 1.73 bits per heavy atom. The fourth-order valence-corrected chi connectivity index (χ4v) is 3.01. The Morgan fingerprint density at radius 1 is 1.08 bits per heavy atom. The normalized spacial score (nSPS) is 14.2. The van der Waals surface area contributed by atoms with Crippen molar-refractivity contribution in [1.29, 1.82) is 0 Å². The number of aliphatic carboxylic acids is 2. The lowest BCUT2D eigenvalue weighted by Gasteiger charge is -2.26. The number of carbonyl (C=O) groups is 2. The van der Waals surface area contributed by atoms with E-state index in [0.29, 0.717) is 24.0 Å². The Bertz CT molecular complexity index is 568. The number of hydrogen-bond donors (Lipinski definition) is 2. The highest BCUT2D eigenvalue weighted by Crippen LogP contribution is 2.27. The molecule has 1 aromatic rings. The maximum atomic E-state index is 9.10. The summed E-state index contributed by atoms with van der Waals surface area (Å²) in [6.07, 6.45) is 4.02. The smallest absolute Gasteiger partial charge is 0.414 e. The molecule has 2 N–H and O–H groups in total. The van der Waals surface area contributed by atoms with Crippen molar-refractivity contribution in [3.8, 4) is 5.75 Å². The number of piperidine rings is 1. The first-order valence-electron chi connectivity index (χ1n) is 8.24. The average molecular weight is 453 g/mol. The van der Waals surface area contributed by atoms with Gasteiger partial charge in [-0.3, -0.25) is 0 Å². The van der Waals surface area contributed by atoms with Crippen molar-refractivity contribution in [2.45, 2.75) is 19.3 Å². The van der Waals surface area contributed by atoms with Crippen LogP contribution in [0, 0.1) is 0 Å². The van der Waals surface area contributed by atoms with Gasteiger partial charge in [0, 0.05) is 11.0 Å². The molecule has 0 saturated carbocycles. The predicted octanol–water partition coefficient (Wildman–Crippen LogP) is 3.14. The van der Waals surface area contributed by atoms with Gasteiger partial charge in [0.05, 0.1) is 18.2 Å². The molecule has 2 rings (SSSR count). The minimum atomic E-state index is -1.82. The summed E-state index contributed by atoms with van der Waals surface area (Å²) < 4.78 is 12.1. The number of likely N-dealkylation sites (tertiary alicyclic amines) is 1. The molecular weight excluding hydrogens is 430 g/mol. The number of nitrogens with zero attached hydrogens (tertiary/aromatic N) is 1. The summed E-state index contributed by atoms with van der Waals surface area (Å²) in [4.78, 5) is 20.7. The van der Waals surface area contributed by atoms with Crippen molar-refractivity contribution in [3.05, 3.63) is 27.7 Å². The first-order valence-corrected chi connectivity index (χ1v) is 9.41. The van der Waals surface area contributed by atoms with Crippen LogP contribution in [0.1, 0.15) is 19.3 Å². The molecule has 7 nitrogen and oxygen atoms in total. The molecule has 0 aliphatic carbocycles. The Kier molecular flexibility index (Phi) is 11.3. The van der Waals surface area contributed by atoms with Gasteiger partial charge < -0.3 is 24.6 Å². The van der Waals surface area contributed by atoms with Gasteiger partial charge in [0.25, 0.3) is 0 Å². The number of ether oxygens (including phenoxy) is 2. The molecule has 0 spiro atoms. The second-order valence-corrected chi connectivity index (χ2v) is 6.87. The fraction of sp³-hybridized carbons (Fsp3) is 0.529. The van der Waals surface area contributed by atoms with Gasteiger partial charge in [-0.25, -0.2) is 9.59 Å². The van der Waals surface area contributed by atoms with E-state index in [9.17, 15) is 0 Å². The van der Waals surface area contributed by atoms with Crippen LogP contribution < -0.4 is 4.74 Å². The van der Waals surface area contributed by atoms with E-state index >= 15 is 0 Å². The quantitative estimate of drug-likeness (QED) is 0.484. The molecule has 0 atom stereocenters. The van der Waals surface area contributed by atoms with Gasteiger partial charge >= 0.3 is 11.9 Å². The molecule has 0 aromatic heterocycles. The summed E-state index contributed by atoms with van der Waals surface area (Å²) in [5, 5.41) is 15.4. The zero-order chi connectivity index (χ0) is 19.4. The van der Waals surface area contributed by atoms with Crippen molar-refractivity contribution in [2.75, 3.05) is 39.5 Å². The van der Waals surface area contributed by atoms with Gasteiger partial charge in [0.1, 0.15) is 12.4 Å². The van der Waals surface area contributed by atoms with Gasteiger partial charge in [-0.2, -0.15) is 0 Å². The van der Waals surface area contributed by atoms with Gasteiger partial charge in [0.15, 0.2) is 0 Å². The molecule has 0 amide bonds. The van der Waals surface area contributed by atoms with Crippen LogP contribution in [-0.2, 0) is 14.3 Å². The fourth-order valence-electron chi connectivity index (χ4n) is 2.28. The minimum Gasteiger partial charge on any atom is -0.490 e. The second kappa shape index (κ2) is 12.9. The van der Waals surface area contributed by atoms with Crippen molar-refractivity contribution in [3.63, 3.8) is 0 Å². The Balaban J connectivity index is 0.000000487. The van der Waals surface area contributed by atoms with Crippen LogP contribution in [0.15, 0.2) is 22.7 Å². The third-order valence-electron chi connectivity index (χ3n) is 3.56. The summed E-state index contributed by atoms with van der Waals surface area (Å²) in [7, 11) is 0. The van der Waals surface area contributed by atoms with Gasteiger partial charge in [0.2, 0.25) is 0 Å². The molecule has 146 valence electrons. The van der Waals surface area contributed by atoms with E-state index in [1.807, 2.05) is 18.2 Å². The van der Waals surface area contributed by atoms with Gasteiger partial charge in [-0.15, -0.1) is 0 Å². The van der Waals surface area contributed by atoms with Crippen molar-refractivity contribution in [1.82, 2.24) is 4.90 Å². The van der Waals surface area contributed by atoms with Crippen LogP contribution in [0.4, 0.5) is 0 Å². The Morgan fingerprint density at radius 3 is 2.31 bits per heavy atom. The van der Waals surface area contributed by atoms with E-state index in [-0.39, 0.29) is 0 Å². The standard InChI is InChI=1S/C15H21BrClNO2.C2H2O4/c16-13-4-5-15(14(17)12-13)20-11-10-19-9-8-18-6-2-1-3-7-18;3-1(4)2(5)6/h4-5,12H,1-3,6-11H2;(H,3,4)(H,5,6). The number of hydrogen-bond acceptors (Lipinski definition) is 5. The third kappa shape index (κ3) is 9.96. The third-order valence-corrected chi connectivity index (χ3v) is 4.35. The van der Waals surface area contributed by atoms with Crippen molar-refractivity contribution >= 4 is 39.5 Å². The molecule has 1 aliphatic rings. The van der Waals surface area contributed by atoms with Crippen molar-refractivity contribution < 1.29 is 29.3 Å². The van der Waals surface area contributed by atoms with Crippen molar-refractivity contribution in [2.24, 2.45) is 0 Å². The Labute approximate surface area is 166 Å². The van der Waals surface area contributed by atoms with E-state index in [4.69, 9.17) is 40.9 Å². The zero-order valence-electron chi connectivity index (χ0n) is 14.3. The molecule has 9 heteroatoms. The molecule has 1 heterocycles. The molecule has 26 heavy (non-hydrogen) atoms. The van der Waals surface area contributed by atoms with Gasteiger partial charge in [-0.05, 0) is 44.1 Å². The van der Waals surface area contributed by atoms with Gasteiger partial charge in [-0.1, -0.05) is 34.0 Å². The highest BCUT2D eigenvalue weighted by atomic mass is 79.9. The van der Waals surface area contributed by atoms with Crippen LogP contribution in [0.5, 0.6) is 5.75 Å². The summed E-state index contributed by atoms with van der Waals surface area (Å²) in [5.74, 6) is -2.94.